The summed E-state index contributed by atoms with van der Waals surface area (Å²) in [5, 5.41) is 10.7. The van der Waals surface area contributed by atoms with Crippen LogP contribution < -0.4 is 0 Å². The molecule has 0 saturated carbocycles. The maximum Gasteiger partial charge on any atom is 0.338 e. The van der Waals surface area contributed by atoms with Gasteiger partial charge in [-0.1, -0.05) is 0 Å². The van der Waals surface area contributed by atoms with Crippen LogP contribution in [-0.4, -0.2) is 22.8 Å². The van der Waals surface area contributed by atoms with Crippen molar-refractivity contribution >= 4 is 17.9 Å². The Morgan fingerprint density at radius 1 is 1.39 bits per heavy atom. The number of aldehydes is 1. The van der Waals surface area contributed by atoms with Crippen LogP contribution in [0, 0.1) is 10.1 Å². The van der Waals surface area contributed by atoms with Crippen molar-refractivity contribution in [2.75, 3.05) is 0 Å². The van der Waals surface area contributed by atoms with Gasteiger partial charge in [0.1, 0.15) is 5.60 Å². The van der Waals surface area contributed by atoms with Crippen LogP contribution in [0.25, 0.3) is 0 Å². The van der Waals surface area contributed by atoms with Gasteiger partial charge in [-0.25, -0.2) is 4.79 Å². The number of carbonyl (C=O) groups is 2. The highest BCUT2D eigenvalue weighted by Crippen LogP contribution is 2.20. The first-order chi connectivity index (χ1) is 8.24. The van der Waals surface area contributed by atoms with Crippen molar-refractivity contribution in [2.24, 2.45) is 0 Å². The molecule has 6 nitrogen and oxygen atoms in total. The largest absolute Gasteiger partial charge is 0.456 e. The maximum atomic E-state index is 11.7. The van der Waals surface area contributed by atoms with Crippen LogP contribution in [-0.2, 0) is 4.74 Å². The van der Waals surface area contributed by atoms with Gasteiger partial charge in [0.15, 0.2) is 6.29 Å². The minimum Gasteiger partial charge on any atom is -0.456 e. The van der Waals surface area contributed by atoms with Crippen LogP contribution in [0.5, 0.6) is 0 Å². The summed E-state index contributed by atoms with van der Waals surface area (Å²) in [5.41, 5.74) is -1.13. The van der Waals surface area contributed by atoms with Crippen molar-refractivity contribution < 1.29 is 19.2 Å². The van der Waals surface area contributed by atoms with Gasteiger partial charge in [-0.2, -0.15) is 0 Å². The fourth-order valence-corrected chi connectivity index (χ4v) is 1.27. The number of ether oxygens (including phenoxy) is 1. The Morgan fingerprint density at radius 2 is 2.00 bits per heavy atom. The number of carbonyl (C=O) groups excluding carboxylic acids is 2. The van der Waals surface area contributed by atoms with Gasteiger partial charge in [0, 0.05) is 6.07 Å². The number of hydrogen-bond donors (Lipinski definition) is 0. The molecule has 1 aromatic carbocycles. The third-order valence-corrected chi connectivity index (χ3v) is 1.99. The Kier molecular flexibility index (Phi) is 3.80. The van der Waals surface area contributed by atoms with Gasteiger partial charge in [0.2, 0.25) is 0 Å². The molecule has 0 N–H and O–H groups in total. The summed E-state index contributed by atoms with van der Waals surface area (Å²) in [6, 6.07) is 3.59. The molecule has 0 unspecified atom stereocenters. The van der Waals surface area contributed by atoms with E-state index < -0.39 is 22.2 Å². The van der Waals surface area contributed by atoms with E-state index in [0.29, 0.717) is 6.29 Å². The highest BCUT2D eigenvalue weighted by atomic mass is 16.6. The smallest absolute Gasteiger partial charge is 0.338 e. The van der Waals surface area contributed by atoms with Gasteiger partial charge in [0.25, 0.3) is 5.69 Å². The van der Waals surface area contributed by atoms with E-state index in [2.05, 4.69) is 0 Å². The van der Waals surface area contributed by atoms with Crippen LogP contribution in [0.2, 0.25) is 0 Å². The fourth-order valence-electron chi connectivity index (χ4n) is 1.27. The molecule has 96 valence electrons. The summed E-state index contributed by atoms with van der Waals surface area (Å²) in [7, 11) is 0. The molecule has 0 bridgehead atoms. The molecule has 0 spiro atoms. The fraction of sp³-hybridized carbons (Fsp3) is 0.333. The molecule has 0 saturated heterocycles. The van der Waals surface area contributed by atoms with Gasteiger partial charge >= 0.3 is 5.97 Å². The van der Waals surface area contributed by atoms with Gasteiger partial charge in [0.05, 0.1) is 16.1 Å². The molecular weight excluding hydrogens is 238 g/mol. The average Bonchev–Trinajstić information content (AvgIpc) is 2.25. The van der Waals surface area contributed by atoms with E-state index in [1.807, 2.05) is 0 Å². The van der Waals surface area contributed by atoms with Crippen molar-refractivity contribution in [1.82, 2.24) is 0 Å². The minimum atomic E-state index is -0.711. The monoisotopic (exact) mass is 251 g/mol. The topological polar surface area (TPSA) is 86.5 Å². The normalized spacial score (nSPS) is 10.8. The van der Waals surface area contributed by atoms with Crippen LogP contribution in [0.4, 0.5) is 5.69 Å². The predicted octanol–water partition coefficient (Wildman–Crippen LogP) is 2.36. The van der Waals surface area contributed by atoms with E-state index in [-0.39, 0.29) is 11.1 Å². The van der Waals surface area contributed by atoms with Crippen molar-refractivity contribution in [3.05, 3.63) is 39.4 Å². The molecule has 0 atom stereocenters. The maximum absolute atomic E-state index is 11.7. The van der Waals surface area contributed by atoms with Gasteiger partial charge in [-0.15, -0.1) is 0 Å². The molecule has 0 aromatic heterocycles. The van der Waals surface area contributed by atoms with Crippen molar-refractivity contribution in [2.45, 2.75) is 26.4 Å². The van der Waals surface area contributed by atoms with E-state index >= 15 is 0 Å². The van der Waals surface area contributed by atoms with E-state index in [4.69, 9.17) is 4.74 Å². The zero-order chi connectivity index (χ0) is 13.9. The Labute approximate surface area is 104 Å². The van der Waals surface area contributed by atoms with E-state index in [1.54, 1.807) is 20.8 Å². The lowest BCUT2D eigenvalue weighted by Gasteiger charge is -2.19. The highest BCUT2D eigenvalue weighted by Gasteiger charge is 2.21. The summed E-state index contributed by atoms with van der Waals surface area (Å²) in [4.78, 5) is 32.3. The van der Waals surface area contributed by atoms with Crippen LogP contribution in [0.3, 0.4) is 0 Å². The van der Waals surface area contributed by atoms with Gasteiger partial charge < -0.3 is 4.74 Å². The number of rotatable bonds is 3. The van der Waals surface area contributed by atoms with Crippen molar-refractivity contribution in [1.29, 1.82) is 0 Å². The van der Waals surface area contributed by atoms with Crippen molar-refractivity contribution in [3.63, 3.8) is 0 Å². The lowest BCUT2D eigenvalue weighted by molar-refractivity contribution is -0.385. The quantitative estimate of drug-likeness (QED) is 0.356. The lowest BCUT2D eigenvalue weighted by Crippen LogP contribution is -2.24. The van der Waals surface area contributed by atoms with Crippen LogP contribution in [0.15, 0.2) is 18.2 Å². The van der Waals surface area contributed by atoms with E-state index in [1.165, 1.54) is 12.1 Å². The number of esters is 1. The summed E-state index contributed by atoms with van der Waals surface area (Å²) >= 11 is 0. The highest BCUT2D eigenvalue weighted by molar-refractivity contribution is 5.92. The molecule has 1 rings (SSSR count). The molecule has 18 heavy (non-hydrogen) atoms. The molecule has 0 heterocycles. The third kappa shape index (κ3) is 3.38. The van der Waals surface area contributed by atoms with E-state index in [0.717, 1.165) is 6.07 Å². The summed E-state index contributed by atoms with van der Waals surface area (Å²) in [5.74, 6) is -0.664. The molecule has 0 aliphatic rings. The third-order valence-electron chi connectivity index (χ3n) is 1.99. The average molecular weight is 251 g/mol. The zero-order valence-electron chi connectivity index (χ0n) is 10.3. The van der Waals surface area contributed by atoms with Crippen molar-refractivity contribution in [3.8, 4) is 0 Å². The Balaban J connectivity index is 3.12. The second-order valence-electron chi connectivity index (χ2n) is 4.65. The first-order valence-electron chi connectivity index (χ1n) is 5.21. The summed E-state index contributed by atoms with van der Waals surface area (Å²) < 4.78 is 5.08. The zero-order valence-corrected chi connectivity index (χ0v) is 10.3. The number of nitrogens with zero attached hydrogens (tertiary/aromatic N) is 1. The second kappa shape index (κ2) is 4.95. The molecule has 0 fully saturated rings. The summed E-state index contributed by atoms with van der Waals surface area (Å²) in [6.07, 6.45) is 0.372. The molecule has 0 aliphatic heterocycles. The number of hydrogen-bond acceptors (Lipinski definition) is 5. The van der Waals surface area contributed by atoms with Crippen LogP contribution >= 0.6 is 0 Å². The van der Waals surface area contributed by atoms with E-state index in [9.17, 15) is 19.7 Å². The van der Waals surface area contributed by atoms with Crippen LogP contribution in [0.1, 0.15) is 41.5 Å². The van der Waals surface area contributed by atoms with Gasteiger partial charge in [-0.05, 0) is 32.9 Å². The number of nitro groups is 1. The number of benzene rings is 1. The van der Waals surface area contributed by atoms with Gasteiger partial charge in [-0.3, -0.25) is 14.9 Å². The minimum absolute atomic E-state index is 0.0437. The second-order valence-corrected chi connectivity index (χ2v) is 4.65. The molecule has 0 aliphatic carbocycles. The molecule has 0 amide bonds. The predicted molar refractivity (Wildman–Crippen MR) is 63.7 cm³/mol. The molecule has 1 aromatic rings. The standard InChI is InChI=1S/C12H13NO5/c1-12(2,3)18-11(15)8-4-5-9(7-14)10(6-8)13(16)17/h4-7H,1-3H3. The first-order valence-corrected chi connectivity index (χ1v) is 5.21. The molecule has 6 heteroatoms. The SMILES string of the molecule is CC(C)(C)OC(=O)c1ccc(C=O)c([N+](=O)[O-])c1. The Bertz CT molecular complexity index is 502. The molecule has 0 radical (unpaired) electrons. The Morgan fingerprint density at radius 3 is 2.44 bits per heavy atom. The number of nitro benzene ring substituents is 1. The summed E-state index contributed by atoms with van der Waals surface area (Å²) in [6.45, 7) is 5.08. The lowest BCUT2D eigenvalue weighted by atomic mass is 10.1. The molecular formula is C12H13NO5. The Hall–Kier alpha value is -2.24. The first kappa shape index (κ1) is 13.8.